The van der Waals surface area contributed by atoms with E-state index in [0.29, 0.717) is 4.90 Å². The van der Waals surface area contributed by atoms with Gasteiger partial charge in [0.15, 0.2) is 0 Å². The smallest absolute Gasteiger partial charge is 0.321 e. The fourth-order valence-corrected chi connectivity index (χ4v) is 0.324. The van der Waals surface area contributed by atoms with Gasteiger partial charge in [0.25, 0.3) is 0 Å². The largest absolute Gasteiger partial charge is 0.396 e. The molecule has 0 saturated heterocycles. The first-order valence-corrected chi connectivity index (χ1v) is 2.60. The molecule has 3 N–H and O–H groups in total. The number of nitrogens with two attached hydrogens (primary N) is 1. The molecule has 5 nitrogen and oxygen atoms in total. The molecule has 0 atom stereocenters. The number of aliphatic hydroxyl groups is 1. The molecular formula is C5H9N2O3. The summed E-state index contributed by atoms with van der Waals surface area (Å²) in [5.74, 6) is -0.602. The van der Waals surface area contributed by atoms with Crippen LogP contribution in [0.5, 0.6) is 0 Å². The Morgan fingerprint density at radius 3 is 2.50 bits per heavy atom. The molecule has 0 spiro atoms. The highest BCUT2D eigenvalue weighted by Crippen LogP contribution is 1.86. The maximum absolute atomic E-state index is 10.6. The number of aliphatic hydroxyl groups excluding tert-OH is 1. The molecule has 0 aromatic rings. The molecule has 0 aliphatic heterocycles. The number of rotatable bonds is 2. The third kappa shape index (κ3) is 2.45. The van der Waals surface area contributed by atoms with E-state index >= 15 is 0 Å². The van der Waals surface area contributed by atoms with Crippen molar-refractivity contribution in [1.29, 1.82) is 0 Å². The zero-order valence-electron chi connectivity index (χ0n) is 5.57. The Morgan fingerprint density at radius 2 is 2.20 bits per heavy atom. The van der Waals surface area contributed by atoms with Gasteiger partial charge >= 0.3 is 6.03 Å². The Labute approximate surface area is 58.4 Å². The lowest BCUT2D eigenvalue weighted by Gasteiger charge is -2.09. The molecular weight excluding hydrogens is 136 g/mol. The molecule has 1 radical (unpaired) electrons. The van der Waals surface area contributed by atoms with E-state index in [9.17, 15) is 9.59 Å². The van der Waals surface area contributed by atoms with Crippen LogP contribution in [0.1, 0.15) is 0 Å². The lowest BCUT2D eigenvalue weighted by Crippen LogP contribution is -2.37. The monoisotopic (exact) mass is 145 g/mol. The standard InChI is InChI=1S/C5H9N2O3/c1-7(5(6)10)4(9)2-3-8/h2,8H,3H2,1H3,(H2,6,10). The summed E-state index contributed by atoms with van der Waals surface area (Å²) < 4.78 is 0. The molecule has 3 amide bonds. The van der Waals surface area contributed by atoms with Crippen LogP contribution in [0, 0.1) is 6.42 Å². The Kier molecular flexibility index (Phi) is 3.42. The Morgan fingerprint density at radius 1 is 1.70 bits per heavy atom. The van der Waals surface area contributed by atoms with Crippen molar-refractivity contribution < 1.29 is 14.7 Å². The van der Waals surface area contributed by atoms with Crippen molar-refractivity contribution in [3.8, 4) is 0 Å². The molecule has 0 rings (SSSR count). The third-order valence-corrected chi connectivity index (χ3v) is 0.927. The van der Waals surface area contributed by atoms with E-state index in [2.05, 4.69) is 0 Å². The van der Waals surface area contributed by atoms with Gasteiger partial charge in [0.05, 0.1) is 13.0 Å². The van der Waals surface area contributed by atoms with Crippen molar-refractivity contribution in [2.45, 2.75) is 0 Å². The highest BCUT2D eigenvalue weighted by molar-refractivity contribution is 5.97. The number of amides is 3. The first kappa shape index (κ1) is 8.90. The fraction of sp³-hybridized carbons (Fsp3) is 0.400. The predicted molar refractivity (Wildman–Crippen MR) is 33.7 cm³/mol. The molecule has 0 aliphatic carbocycles. The van der Waals surface area contributed by atoms with Crippen molar-refractivity contribution in [2.75, 3.05) is 13.7 Å². The van der Waals surface area contributed by atoms with Crippen molar-refractivity contribution in [1.82, 2.24) is 4.90 Å². The second-order valence-electron chi connectivity index (χ2n) is 1.62. The van der Waals surface area contributed by atoms with Crippen LogP contribution >= 0.6 is 0 Å². The zero-order chi connectivity index (χ0) is 8.15. The van der Waals surface area contributed by atoms with Crippen LogP contribution in [-0.2, 0) is 4.79 Å². The Bertz CT molecular complexity index is 146. The van der Waals surface area contributed by atoms with Crippen molar-refractivity contribution in [3.63, 3.8) is 0 Å². The van der Waals surface area contributed by atoms with Crippen LogP contribution in [-0.4, -0.2) is 35.6 Å². The lowest BCUT2D eigenvalue weighted by molar-refractivity contribution is -0.124. The number of nitrogens with zero attached hydrogens (tertiary/aromatic N) is 1. The van der Waals surface area contributed by atoms with Crippen LogP contribution in [0.3, 0.4) is 0 Å². The quantitative estimate of drug-likeness (QED) is 0.507. The molecule has 0 unspecified atom stereocenters. The van der Waals surface area contributed by atoms with Gasteiger partial charge in [-0.1, -0.05) is 0 Å². The molecule has 0 heterocycles. The summed E-state index contributed by atoms with van der Waals surface area (Å²) in [5.41, 5.74) is 4.73. The van der Waals surface area contributed by atoms with Crippen molar-refractivity contribution >= 4 is 11.9 Å². The molecule has 57 valence electrons. The van der Waals surface area contributed by atoms with Gasteiger partial charge in [-0.25, -0.2) is 4.79 Å². The zero-order valence-corrected chi connectivity index (χ0v) is 5.57. The van der Waals surface area contributed by atoms with Gasteiger partial charge < -0.3 is 10.8 Å². The van der Waals surface area contributed by atoms with E-state index in [4.69, 9.17) is 10.8 Å². The minimum Gasteiger partial charge on any atom is -0.396 e. The third-order valence-electron chi connectivity index (χ3n) is 0.927. The maximum atomic E-state index is 10.6. The minimum atomic E-state index is -0.838. The SMILES string of the molecule is CN(C(N)=O)C(=O)[CH]CO. The first-order chi connectivity index (χ1) is 4.59. The number of hydrogen-bond donors (Lipinski definition) is 2. The van der Waals surface area contributed by atoms with Crippen LogP contribution in [0.15, 0.2) is 0 Å². The molecule has 0 aromatic heterocycles. The van der Waals surface area contributed by atoms with Gasteiger partial charge in [-0.3, -0.25) is 9.69 Å². The average Bonchev–Trinajstić information content (AvgIpc) is 1.87. The highest BCUT2D eigenvalue weighted by atomic mass is 16.3. The molecule has 0 bridgehead atoms. The summed E-state index contributed by atoms with van der Waals surface area (Å²) in [6.45, 7) is -0.392. The van der Waals surface area contributed by atoms with Crippen molar-refractivity contribution in [2.24, 2.45) is 5.73 Å². The van der Waals surface area contributed by atoms with Crippen LogP contribution < -0.4 is 5.73 Å². The molecule has 10 heavy (non-hydrogen) atoms. The van der Waals surface area contributed by atoms with E-state index < -0.39 is 18.5 Å². The highest BCUT2D eigenvalue weighted by Gasteiger charge is 2.11. The van der Waals surface area contributed by atoms with Crippen LogP contribution in [0.4, 0.5) is 4.79 Å². The minimum absolute atomic E-state index is 0.392. The number of carbonyl (C=O) groups excluding carboxylic acids is 2. The summed E-state index contributed by atoms with van der Waals surface area (Å²) in [5, 5.41) is 8.21. The van der Waals surface area contributed by atoms with Gasteiger partial charge in [-0.05, 0) is 0 Å². The van der Waals surface area contributed by atoms with Gasteiger partial charge in [0.1, 0.15) is 0 Å². The summed E-state index contributed by atoms with van der Waals surface area (Å²) in [6.07, 6.45) is 0.949. The predicted octanol–water partition coefficient (Wildman–Crippen LogP) is -1.28. The number of imide groups is 1. The summed E-state index contributed by atoms with van der Waals surface area (Å²) in [6, 6.07) is -0.838. The van der Waals surface area contributed by atoms with E-state index in [1.165, 1.54) is 7.05 Å². The first-order valence-electron chi connectivity index (χ1n) is 2.60. The van der Waals surface area contributed by atoms with Crippen molar-refractivity contribution in [3.05, 3.63) is 6.42 Å². The topological polar surface area (TPSA) is 83.6 Å². The van der Waals surface area contributed by atoms with E-state index in [-0.39, 0.29) is 0 Å². The normalized spacial score (nSPS) is 9.00. The summed E-state index contributed by atoms with van der Waals surface area (Å²) >= 11 is 0. The Hall–Kier alpha value is -1.10. The number of urea groups is 1. The van der Waals surface area contributed by atoms with Gasteiger partial charge in [0.2, 0.25) is 5.91 Å². The number of primary amides is 1. The van der Waals surface area contributed by atoms with E-state index in [0.717, 1.165) is 6.42 Å². The maximum Gasteiger partial charge on any atom is 0.321 e. The number of carbonyl (C=O) groups is 2. The summed E-state index contributed by atoms with van der Waals surface area (Å²) in [4.78, 5) is 21.5. The van der Waals surface area contributed by atoms with Gasteiger partial charge in [0, 0.05) is 7.05 Å². The second kappa shape index (κ2) is 3.84. The van der Waals surface area contributed by atoms with Gasteiger partial charge in [-0.15, -0.1) is 0 Å². The molecule has 0 aliphatic rings. The van der Waals surface area contributed by atoms with E-state index in [1.807, 2.05) is 0 Å². The average molecular weight is 145 g/mol. The fourth-order valence-electron chi connectivity index (χ4n) is 0.324. The van der Waals surface area contributed by atoms with Gasteiger partial charge in [-0.2, -0.15) is 0 Å². The lowest BCUT2D eigenvalue weighted by atomic mass is 10.4. The molecule has 0 fully saturated rings. The van der Waals surface area contributed by atoms with Crippen LogP contribution in [0.2, 0.25) is 0 Å². The molecule has 0 aromatic carbocycles. The second-order valence-corrected chi connectivity index (χ2v) is 1.62. The molecule has 5 heteroatoms. The molecule has 0 saturated carbocycles. The summed E-state index contributed by atoms with van der Waals surface area (Å²) in [7, 11) is 1.23. The van der Waals surface area contributed by atoms with Crippen LogP contribution in [0.25, 0.3) is 0 Å². The Balaban J connectivity index is 3.82. The number of hydrogen-bond acceptors (Lipinski definition) is 3. The van der Waals surface area contributed by atoms with E-state index in [1.54, 1.807) is 0 Å².